The summed E-state index contributed by atoms with van der Waals surface area (Å²) in [5.74, 6) is 1.35. The second-order valence-corrected chi connectivity index (χ2v) is 3.20. The van der Waals surface area contributed by atoms with Gasteiger partial charge in [0.25, 0.3) is 0 Å². The van der Waals surface area contributed by atoms with Crippen LogP contribution in [0.5, 0.6) is 0 Å². The van der Waals surface area contributed by atoms with Crippen molar-refractivity contribution in [3.63, 3.8) is 0 Å². The van der Waals surface area contributed by atoms with Gasteiger partial charge >= 0.3 is 0 Å². The van der Waals surface area contributed by atoms with Crippen LogP contribution in [0.2, 0.25) is 0 Å². The average Bonchev–Trinajstić information content (AvgIpc) is 1.86. The summed E-state index contributed by atoms with van der Waals surface area (Å²) in [4.78, 5) is 0. The molecule has 0 aromatic rings. The third-order valence-corrected chi connectivity index (χ3v) is 2.34. The highest BCUT2D eigenvalue weighted by molar-refractivity contribution is 4.50. The van der Waals surface area contributed by atoms with Gasteiger partial charge in [-0.1, -0.05) is 0 Å². The lowest BCUT2D eigenvalue weighted by Gasteiger charge is -1.76. The molecule has 0 N–H and O–H groups in total. The first kappa shape index (κ1) is 4.45. The van der Waals surface area contributed by atoms with Gasteiger partial charge in [0.2, 0.25) is 0 Å². The third kappa shape index (κ3) is 0.874. The van der Waals surface area contributed by atoms with Gasteiger partial charge in [0.15, 0.2) is 11.3 Å². The molecular weight excluding hydrogens is 95.5 g/mol. The highest BCUT2D eigenvalue weighted by Crippen LogP contribution is 2.10. The Balaban J connectivity index is 2.18. The Morgan fingerprint density at radius 1 is 1.67 bits per heavy atom. The number of hydrogen-bond donors (Lipinski definition) is 0. The number of hydrogen-bond acceptors (Lipinski definition) is 0. The normalized spacial score (nSPS) is 34.5. The van der Waals surface area contributed by atoms with Crippen LogP contribution in [0.3, 0.4) is 0 Å². The summed E-state index contributed by atoms with van der Waals surface area (Å²) in [5, 5.41) is 0.907. The van der Waals surface area contributed by atoms with Crippen LogP contribution in [-0.2, 0) is 0 Å². The minimum absolute atomic E-state index is 0.907. The van der Waals surface area contributed by atoms with E-state index in [0.29, 0.717) is 0 Å². The van der Waals surface area contributed by atoms with Crippen molar-refractivity contribution in [1.82, 2.24) is 0 Å². The fourth-order valence-electron chi connectivity index (χ4n) is 0.699. The molecule has 0 amide bonds. The first-order valence-electron chi connectivity index (χ1n) is 2.47. The van der Waals surface area contributed by atoms with E-state index in [9.17, 15) is 0 Å². The molecule has 36 valence electrons. The number of rotatable bonds is 0. The lowest BCUT2D eigenvalue weighted by molar-refractivity contribution is -0.666. The monoisotopic (exact) mass is 105 g/mol. The molecule has 0 spiro atoms. The second kappa shape index (κ2) is 1.83. The maximum Gasteiger partial charge on any atom is 0.179 e. The zero-order chi connectivity index (χ0) is 4.41. The standard InChI is InChI=1S/C5H10Cl/c1-5-3-2-4-6-5/h5H,2-4H2,1H3/q+1. The molecule has 0 radical (unpaired) electrons. The van der Waals surface area contributed by atoms with Gasteiger partial charge in [-0.25, -0.2) is 0 Å². The van der Waals surface area contributed by atoms with Gasteiger partial charge < -0.3 is 0 Å². The smallest absolute Gasteiger partial charge is 0.00696 e. The van der Waals surface area contributed by atoms with Crippen LogP contribution in [0.15, 0.2) is 0 Å². The third-order valence-electron chi connectivity index (χ3n) is 1.11. The van der Waals surface area contributed by atoms with Crippen molar-refractivity contribution in [3.05, 3.63) is 0 Å². The van der Waals surface area contributed by atoms with Crippen molar-refractivity contribution < 1.29 is 10.8 Å². The highest BCUT2D eigenvalue weighted by Gasteiger charge is 2.22. The van der Waals surface area contributed by atoms with E-state index in [0.717, 1.165) is 5.38 Å². The van der Waals surface area contributed by atoms with Crippen LogP contribution >= 0.6 is 0 Å². The lowest BCUT2D eigenvalue weighted by atomic mass is 10.3. The summed E-state index contributed by atoms with van der Waals surface area (Å²) in [6.07, 6.45) is 2.85. The molecule has 1 fully saturated rings. The topological polar surface area (TPSA) is 0 Å². The van der Waals surface area contributed by atoms with E-state index in [2.05, 4.69) is 17.7 Å². The van der Waals surface area contributed by atoms with Crippen molar-refractivity contribution in [1.29, 1.82) is 0 Å². The lowest BCUT2D eigenvalue weighted by Crippen LogP contribution is -1.92. The maximum absolute atomic E-state index is 2.50. The molecule has 1 heterocycles. The molecule has 1 aliphatic heterocycles. The fraction of sp³-hybridized carbons (Fsp3) is 1.00. The zero-order valence-corrected chi connectivity index (χ0v) is 4.83. The Bertz CT molecular complexity index is 37.2. The zero-order valence-electron chi connectivity index (χ0n) is 4.08. The minimum Gasteiger partial charge on any atom is -0.00696 e. The molecule has 0 aromatic carbocycles. The van der Waals surface area contributed by atoms with Crippen LogP contribution in [-0.4, -0.2) is 11.3 Å². The first-order valence-corrected chi connectivity index (χ1v) is 3.44. The van der Waals surface area contributed by atoms with Crippen molar-refractivity contribution in [2.45, 2.75) is 25.1 Å². The van der Waals surface area contributed by atoms with Crippen molar-refractivity contribution in [2.75, 3.05) is 5.88 Å². The van der Waals surface area contributed by atoms with E-state index < -0.39 is 0 Å². The molecule has 1 atom stereocenters. The van der Waals surface area contributed by atoms with Crippen LogP contribution in [0.25, 0.3) is 0 Å². The number of halogens is 1. The molecule has 0 aromatic heterocycles. The summed E-state index contributed by atoms with van der Waals surface area (Å²) in [5.41, 5.74) is 0. The van der Waals surface area contributed by atoms with E-state index in [1.807, 2.05) is 0 Å². The molecule has 1 aliphatic rings. The molecule has 0 saturated carbocycles. The molecule has 1 saturated heterocycles. The molecule has 0 nitrogen and oxygen atoms in total. The molecule has 6 heavy (non-hydrogen) atoms. The van der Waals surface area contributed by atoms with E-state index in [1.54, 1.807) is 0 Å². The molecule has 0 aliphatic carbocycles. The molecule has 0 bridgehead atoms. The van der Waals surface area contributed by atoms with Gasteiger partial charge in [-0.2, -0.15) is 0 Å². The number of alkyl halides is 2. The first-order chi connectivity index (χ1) is 2.89. The Hall–Kier alpha value is 0.290. The van der Waals surface area contributed by atoms with Crippen LogP contribution in [0.4, 0.5) is 0 Å². The SMILES string of the molecule is CC1CCC[Cl+]1. The van der Waals surface area contributed by atoms with Crippen molar-refractivity contribution in [2.24, 2.45) is 0 Å². The largest absolute Gasteiger partial charge is 0.179 e. The van der Waals surface area contributed by atoms with Gasteiger partial charge in [-0.15, -0.1) is 0 Å². The van der Waals surface area contributed by atoms with Gasteiger partial charge in [0.05, 0.1) is 0 Å². The minimum atomic E-state index is 0.907. The molecule has 1 rings (SSSR count). The Kier molecular flexibility index (Phi) is 1.36. The van der Waals surface area contributed by atoms with Crippen molar-refractivity contribution in [3.8, 4) is 0 Å². The van der Waals surface area contributed by atoms with Crippen LogP contribution < -0.4 is 0 Å². The fourth-order valence-corrected chi connectivity index (χ4v) is 1.69. The van der Waals surface area contributed by atoms with Crippen molar-refractivity contribution >= 4 is 0 Å². The predicted octanol–water partition coefficient (Wildman–Crippen LogP) is 1.25. The summed E-state index contributed by atoms with van der Waals surface area (Å²) in [6.45, 7) is 2.28. The average molecular weight is 106 g/mol. The predicted molar refractivity (Wildman–Crippen MR) is 23.6 cm³/mol. The second-order valence-electron chi connectivity index (χ2n) is 1.77. The van der Waals surface area contributed by atoms with Crippen LogP contribution in [0, 0.1) is 10.8 Å². The van der Waals surface area contributed by atoms with E-state index >= 15 is 0 Å². The van der Waals surface area contributed by atoms with E-state index in [-0.39, 0.29) is 0 Å². The summed E-state index contributed by atoms with van der Waals surface area (Å²) >= 11 is 0. The molecule has 1 heteroatoms. The maximum atomic E-state index is 2.50. The molecule has 1 unspecified atom stereocenters. The van der Waals surface area contributed by atoms with Crippen LogP contribution in [0.1, 0.15) is 19.8 Å². The van der Waals surface area contributed by atoms with Gasteiger partial charge in [-0.05, 0) is 6.92 Å². The van der Waals surface area contributed by atoms with E-state index in [1.165, 1.54) is 18.7 Å². The van der Waals surface area contributed by atoms with Gasteiger partial charge in [-0.3, -0.25) is 0 Å². The highest BCUT2D eigenvalue weighted by atomic mass is 35.5. The van der Waals surface area contributed by atoms with Gasteiger partial charge in [0.1, 0.15) is 10.8 Å². The van der Waals surface area contributed by atoms with E-state index in [4.69, 9.17) is 0 Å². The molecular formula is C5H10Cl+. The summed E-state index contributed by atoms with van der Waals surface area (Å²) in [6, 6.07) is 0. The quantitative estimate of drug-likeness (QED) is 0.407. The Morgan fingerprint density at radius 3 is 2.67 bits per heavy atom. The van der Waals surface area contributed by atoms with Gasteiger partial charge in [0, 0.05) is 12.8 Å². The summed E-state index contributed by atoms with van der Waals surface area (Å²) in [7, 11) is 2.50. The summed E-state index contributed by atoms with van der Waals surface area (Å²) < 4.78 is 0. The Morgan fingerprint density at radius 2 is 2.50 bits per heavy atom. The Labute approximate surface area is 42.7 Å².